The van der Waals surface area contributed by atoms with E-state index < -0.39 is 21.9 Å². The third kappa shape index (κ3) is 2.25. The van der Waals surface area contributed by atoms with Gasteiger partial charge in [-0.05, 0) is 18.1 Å². The molecule has 0 aliphatic carbocycles. The number of halogens is 2. The maximum atomic E-state index is 14.3. The van der Waals surface area contributed by atoms with Crippen molar-refractivity contribution in [2.45, 2.75) is 50.8 Å². The molecule has 22 heavy (non-hydrogen) atoms. The van der Waals surface area contributed by atoms with Crippen molar-refractivity contribution < 1.29 is 8.78 Å². The third-order valence-electron chi connectivity index (χ3n) is 4.91. The fourth-order valence-electron chi connectivity index (χ4n) is 3.32. The van der Waals surface area contributed by atoms with Crippen molar-refractivity contribution in [2.24, 2.45) is 4.99 Å². The van der Waals surface area contributed by atoms with Crippen molar-refractivity contribution in [3.63, 3.8) is 0 Å². The van der Waals surface area contributed by atoms with Gasteiger partial charge in [0, 0.05) is 31.5 Å². The highest BCUT2D eigenvalue weighted by molar-refractivity contribution is 7.81. The minimum atomic E-state index is -0.600. The van der Waals surface area contributed by atoms with Crippen LogP contribution in [0.4, 0.5) is 8.78 Å². The zero-order valence-corrected chi connectivity index (χ0v) is 14.8. The monoisotopic (exact) mass is 326 g/mol. The Bertz CT molecular complexity index is 617. The maximum absolute atomic E-state index is 14.3. The molecular weight excluding hydrogens is 302 g/mol. The predicted octanol–water partition coefficient (Wildman–Crippen LogP) is 4.38. The molecule has 0 saturated carbocycles. The van der Waals surface area contributed by atoms with E-state index in [0.717, 1.165) is 25.5 Å². The molecule has 2 aliphatic heterocycles. The molecule has 2 atom stereocenters. The van der Waals surface area contributed by atoms with E-state index in [1.54, 1.807) is 0 Å². The molecule has 2 nitrogen and oxygen atoms in total. The Kier molecular flexibility index (Phi) is 4.58. The molecule has 0 aromatic heterocycles. The van der Waals surface area contributed by atoms with E-state index in [1.165, 1.54) is 6.07 Å². The highest BCUT2D eigenvalue weighted by Gasteiger charge is 2.53. The van der Waals surface area contributed by atoms with Crippen LogP contribution in [0.5, 0.6) is 0 Å². The fraction of sp³-hybridized carbons (Fsp3) is 0.588. The molecule has 0 radical (unpaired) electrons. The highest BCUT2D eigenvalue weighted by atomic mass is 32.1. The fourth-order valence-corrected chi connectivity index (χ4v) is 3.79. The normalized spacial score (nSPS) is 29.3. The van der Waals surface area contributed by atoms with Crippen LogP contribution in [0, 0.1) is 11.6 Å². The van der Waals surface area contributed by atoms with E-state index in [-0.39, 0.29) is 0 Å². The lowest BCUT2D eigenvalue weighted by Gasteiger charge is -2.51. The Hall–Kier alpha value is -1.10. The van der Waals surface area contributed by atoms with Crippen molar-refractivity contribution in [1.29, 1.82) is 0 Å². The number of rotatable bonds is 1. The van der Waals surface area contributed by atoms with Crippen molar-refractivity contribution in [1.82, 2.24) is 4.90 Å². The summed E-state index contributed by atoms with van der Waals surface area (Å²) in [5.41, 5.74) is 0.644. The standard InChI is InChI=1S/C15H18F2N2S.C2H6/c1-4-14(2)10-7-9(16)8-11(17)12(10)13-18-15(14,20)5-6-19(13)3;1-2/h7-8,20H,4-6H2,1-3H3;1-2H3/t14?,15-;/m0./s1. The van der Waals surface area contributed by atoms with Gasteiger partial charge in [-0.1, -0.05) is 27.7 Å². The second kappa shape index (κ2) is 5.84. The Balaban J connectivity index is 0.000000847. The Morgan fingerprint density at radius 3 is 2.55 bits per heavy atom. The molecule has 0 N–H and O–H groups in total. The van der Waals surface area contributed by atoms with Gasteiger partial charge in [-0.3, -0.25) is 0 Å². The molecule has 122 valence electrons. The van der Waals surface area contributed by atoms with Gasteiger partial charge in [-0.2, -0.15) is 0 Å². The lowest BCUT2D eigenvalue weighted by molar-refractivity contribution is 0.261. The van der Waals surface area contributed by atoms with E-state index >= 15 is 0 Å². The molecule has 1 unspecified atom stereocenters. The molecule has 1 aromatic rings. The lowest BCUT2D eigenvalue weighted by atomic mass is 9.67. The largest absolute Gasteiger partial charge is 0.359 e. The van der Waals surface area contributed by atoms with Gasteiger partial charge >= 0.3 is 0 Å². The number of aliphatic imine (C=N–C) groups is 1. The van der Waals surface area contributed by atoms with E-state index in [9.17, 15) is 8.78 Å². The van der Waals surface area contributed by atoms with Crippen molar-refractivity contribution >= 4 is 18.5 Å². The van der Waals surface area contributed by atoms with Crippen LogP contribution in [0.2, 0.25) is 0 Å². The molecule has 0 saturated heterocycles. The van der Waals surface area contributed by atoms with Gasteiger partial charge < -0.3 is 4.90 Å². The quantitative estimate of drug-likeness (QED) is 0.757. The number of amidine groups is 1. The average molecular weight is 326 g/mol. The molecule has 5 heteroatoms. The zero-order chi connectivity index (χ0) is 16.7. The van der Waals surface area contributed by atoms with Crippen LogP contribution in [-0.4, -0.2) is 29.2 Å². The number of thiol groups is 1. The van der Waals surface area contributed by atoms with Gasteiger partial charge in [0.05, 0.1) is 5.56 Å². The predicted molar refractivity (Wildman–Crippen MR) is 90.9 cm³/mol. The summed E-state index contributed by atoms with van der Waals surface area (Å²) >= 11 is 4.80. The zero-order valence-electron chi connectivity index (χ0n) is 13.9. The SMILES string of the molecule is CC.CCC1(C)c2cc(F)cc(F)c2C2=N[C@]1(S)CCN2C. The molecule has 2 bridgehead atoms. The van der Waals surface area contributed by atoms with E-state index in [0.29, 0.717) is 17.0 Å². The Morgan fingerprint density at radius 1 is 1.32 bits per heavy atom. The summed E-state index contributed by atoms with van der Waals surface area (Å²) < 4.78 is 28.0. The van der Waals surface area contributed by atoms with E-state index in [4.69, 9.17) is 17.6 Å². The molecule has 0 spiro atoms. The smallest absolute Gasteiger partial charge is 0.137 e. The number of fused-ring (bicyclic) bond motifs is 3. The topological polar surface area (TPSA) is 15.6 Å². The first-order valence-corrected chi connectivity index (χ1v) is 8.30. The molecule has 0 fully saturated rings. The summed E-state index contributed by atoms with van der Waals surface area (Å²) in [5.74, 6) is -0.492. The summed E-state index contributed by atoms with van der Waals surface area (Å²) in [6.07, 6.45) is 1.49. The number of nitrogens with zero attached hydrogens (tertiary/aromatic N) is 2. The second-order valence-electron chi connectivity index (χ2n) is 5.92. The Labute approximate surface area is 137 Å². The van der Waals surface area contributed by atoms with E-state index in [1.807, 2.05) is 39.6 Å². The number of benzene rings is 1. The van der Waals surface area contributed by atoms with Gasteiger partial charge in [-0.15, -0.1) is 12.6 Å². The van der Waals surface area contributed by atoms with Crippen LogP contribution in [0.3, 0.4) is 0 Å². The molecule has 1 aromatic carbocycles. The van der Waals surface area contributed by atoms with Gasteiger partial charge in [0.1, 0.15) is 22.3 Å². The van der Waals surface area contributed by atoms with Crippen LogP contribution in [-0.2, 0) is 5.41 Å². The molecule has 3 rings (SSSR count). The van der Waals surface area contributed by atoms with Crippen LogP contribution in [0.15, 0.2) is 17.1 Å². The molecular formula is C17H24F2N2S. The van der Waals surface area contributed by atoms with Crippen molar-refractivity contribution in [3.8, 4) is 0 Å². The molecule has 0 amide bonds. The summed E-state index contributed by atoms with van der Waals surface area (Å²) in [7, 11) is 1.88. The molecule has 2 heterocycles. The summed E-state index contributed by atoms with van der Waals surface area (Å²) in [6, 6.07) is 2.38. The molecule has 2 aliphatic rings. The minimum absolute atomic E-state index is 0.433. The van der Waals surface area contributed by atoms with Crippen LogP contribution in [0.1, 0.15) is 51.7 Å². The summed E-state index contributed by atoms with van der Waals surface area (Å²) in [6.45, 7) is 8.79. The van der Waals surface area contributed by atoms with Crippen LogP contribution >= 0.6 is 12.6 Å². The van der Waals surface area contributed by atoms with Gasteiger partial charge in [-0.25, -0.2) is 13.8 Å². The first-order valence-electron chi connectivity index (χ1n) is 7.85. The summed E-state index contributed by atoms with van der Waals surface area (Å²) in [5, 5.41) is 0. The average Bonchev–Trinajstić information content (AvgIpc) is 2.50. The van der Waals surface area contributed by atoms with Gasteiger partial charge in [0.25, 0.3) is 0 Å². The Morgan fingerprint density at radius 2 is 1.95 bits per heavy atom. The van der Waals surface area contributed by atoms with Gasteiger partial charge in [0.15, 0.2) is 0 Å². The van der Waals surface area contributed by atoms with Crippen molar-refractivity contribution in [3.05, 3.63) is 34.9 Å². The first-order chi connectivity index (χ1) is 10.3. The third-order valence-corrected chi connectivity index (χ3v) is 5.73. The summed E-state index contributed by atoms with van der Waals surface area (Å²) in [4.78, 5) is 6.02. The van der Waals surface area contributed by atoms with Crippen LogP contribution in [0.25, 0.3) is 0 Å². The number of hydrogen-bond acceptors (Lipinski definition) is 3. The second-order valence-corrected chi connectivity index (χ2v) is 6.66. The van der Waals surface area contributed by atoms with Crippen LogP contribution < -0.4 is 0 Å². The minimum Gasteiger partial charge on any atom is -0.359 e. The van der Waals surface area contributed by atoms with E-state index in [2.05, 4.69) is 0 Å². The van der Waals surface area contributed by atoms with Crippen molar-refractivity contribution in [2.75, 3.05) is 13.6 Å². The van der Waals surface area contributed by atoms with Gasteiger partial charge in [0.2, 0.25) is 0 Å². The lowest BCUT2D eigenvalue weighted by Crippen LogP contribution is -2.55. The highest BCUT2D eigenvalue weighted by Crippen LogP contribution is 2.52. The first kappa shape index (κ1) is 17.3. The number of hydrogen-bond donors (Lipinski definition) is 1. The maximum Gasteiger partial charge on any atom is 0.137 e.